The van der Waals surface area contributed by atoms with Gasteiger partial charge in [0.2, 0.25) is 0 Å². The number of amides is 1. The number of carbonyl (C=O) groups excluding carboxylic acids is 1. The van der Waals surface area contributed by atoms with Crippen LogP contribution in [0.3, 0.4) is 0 Å². The Morgan fingerprint density at radius 3 is 2.82 bits per heavy atom. The summed E-state index contributed by atoms with van der Waals surface area (Å²) in [5, 5.41) is 11.6. The third-order valence-corrected chi connectivity index (χ3v) is 2.03. The van der Waals surface area contributed by atoms with E-state index in [1.54, 1.807) is 0 Å². The fraction of sp³-hybridized carbons (Fsp3) is 0.364. The van der Waals surface area contributed by atoms with Crippen molar-refractivity contribution in [1.29, 1.82) is 0 Å². The molecule has 1 amide bonds. The molecule has 6 heteroatoms. The second kappa shape index (κ2) is 6.27. The molecule has 1 aromatic carbocycles. The molecule has 0 aromatic heterocycles. The first-order valence-electron chi connectivity index (χ1n) is 4.95. The number of hydrogen-bond acceptors (Lipinski definition) is 3. The topological polar surface area (TPSA) is 58.6 Å². The molecule has 0 heterocycles. The van der Waals surface area contributed by atoms with Gasteiger partial charge in [0.25, 0.3) is 5.91 Å². The zero-order chi connectivity index (χ0) is 12.8. The van der Waals surface area contributed by atoms with Crippen LogP contribution in [-0.4, -0.2) is 37.4 Å². The second-order valence-electron chi connectivity index (χ2n) is 3.44. The lowest BCUT2D eigenvalue weighted by atomic mass is 10.2. The van der Waals surface area contributed by atoms with Crippen LogP contribution in [0.1, 0.15) is 10.4 Å². The van der Waals surface area contributed by atoms with Crippen LogP contribution in [0.25, 0.3) is 0 Å². The van der Waals surface area contributed by atoms with Gasteiger partial charge in [0.05, 0.1) is 18.3 Å². The molecule has 0 fully saturated rings. The van der Waals surface area contributed by atoms with Crippen LogP contribution in [0.4, 0.5) is 8.78 Å². The quantitative estimate of drug-likeness (QED) is 0.803. The molecule has 4 nitrogen and oxygen atoms in total. The van der Waals surface area contributed by atoms with Crippen LogP contribution >= 0.6 is 0 Å². The number of nitrogens with one attached hydrogen (secondary N) is 1. The molecule has 0 aliphatic carbocycles. The lowest BCUT2D eigenvalue weighted by molar-refractivity contribution is 0.0609. The maximum absolute atomic E-state index is 13.2. The molecule has 94 valence electrons. The Balaban J connectivity index is 2.58. The minimum absolute atomic E-state index is 0.0617. The van der Waals surface area contributed by atoms with E-state index in [4.69, 9.17) is 0 Å². The molecule has 1 unspecified atom stereocenters. The first kappa shape index (κ1) is 13.5. The SMILES string of the molecule is COCC(O)CNC(=O)c1ccc(F)cc1F. The van der Waals surface area contributed by atoms with E-state index in [0.29, 0.717) is 6.07 Å². The third kappa shape index (κ3) is 4.08. The predicted octanol–water partition coefficient (Wildman–Crippen LogP) is 0.702. The maximum atomic E-state index is 13.2. The lowest BCUT2D eigenvalue weighted by Gasteiger charge is -2.11. The number of halogens is 2. The average molecular weight is 245 g/mol. The van der Waals surface area contributed by atoms with E-state index in [1.807, 2.05) is 0 Å². The molecule has 2 N–H and O–H groups in total. The molecule has 0 aliphatic rings. The molecular weight excluding hydrogens is 232 g/mol. The first-order chi connectivity index (χ1) is 8.04. The van der Waals surface area contributed by atoms with Crippen LogP contribution < -0.4 is 5.32 Å². The molecule has 0 saturated carbocycles. The Hall–Kier alpha value is -1.53. The van der Waals surface area contributed by atoms with Crippen molar-refractivity contribution in [2.75, 3.05) is 20.3 Å². The van der Waals surface area contributed by atoms with Gasteiger partial charge in [0, 0.05) is 19.7 Å². The van der Waals surface area contributed by atoms with Crippen LogP contribution in [0.15, 0.2) is 18.2 Å². The van der Waals surface area contributed by atoms with Crippen LogP contribution in [-0.2, 0) is 4.74 Å². The van der Waals surface area contributed by atoms with Crippen LogP contribution in [0, 0.1) is 11.6 Å². The van der Waals surface area contributed by atoms with Crippen molar-refractivity contribution >= 4 is 5.91 Å². The van der Waals surface area contributed by atoms with Gasteiger partial charge in [-0.25, -0.2) is 8.78 Å². The van der Waals surface area contributed by atoms with Crippen molar-refractivity contribution in [3.05, 3.63) is 35.4 Å². The van der Waals surface area contributed by atoms with E-state index in [0.717, 1.165) is 12.1 Å². The molecule has 0 radical (unpaired) electrons. The van der Waals surface area contributed by atoms with Gasteiger partial charge in [-0.2, -0.15) is 0 Å². The van der Waals surface area contributed by atoms with Gasteiger partial charge in [-0.3, -0.25) is 4.79 Å². The highest BCUT2D eigenvalue weighted by Crippen LogP contribution is 2.09. The molecule has 17 heavy (non-hydrogen) atoms. The minimum atomic E-state index is -0.941. The summed E-state index contributed by atoms with van der Waals surface area (Å²) in [4.78, 5) is 11.5. The molecule has 1 rings (SSSR count). The van der Waals surface area contributed by atoms with Crippen molar-refractivity contribution in [3.63, 3.8) is 0 Å². The number of benzene rings is 1. The summed E-state index contributed by atoms with van der Waals surface area (Å²) in [5.41, 5.74) is -0.268. The van der Waals surface area contributed by atoms with Crippen LogP contribution in [0.5, 0.6) is 0 Å². The zero-order valence-electron chi connectivity index (χ0n) is 9.24. The minimum Gasteiger partial charge on any atom is -0.389 e. The highest BCUT2D eigenvalue weighted by molar-refractivity contribution is 5.94. The van der Waals surface area contributed by atoms with Gasteiger partial charge in [-0.15, -0.1) is 0 Å². The largest absolute Gasteiger partial charge is 0.389 e. The van der Waals surface area contributed by atoms with Crippen molar-refractivity contribution in [1.82, 2.24) is 5.32 Å². The van der Waals surface area contributed by atoms with Crippen molar-refractivity contribution < 1.29 is 23.4 Å². The molecule has 0 spiro atoms. The molecule has 0 bridgehead atoms. The number of hydrogen-bond donors (Lipinski definition) is 2. The van der Waals surface area contributed by atoms with E-state index in [-0.39, 0.29) is 18.7 Å². The van der Waals surface area contributed by atoms with Gasteiger partial charge < -0.3 is 15.2 Å². The van der Waals surface area contributed by atoms with Gasteiger partial charge in [0.1, 0.15) is 11.6 Å². The van der Waals surface area contributed by atoms with E-state index in [1.165, 1.54) is 7.11 Å². The van der Waals surface area contributed by atoms with Crippen molar-refractivity contribution in [2.24, 2.45) is 0 Å². The van der Waals surface area contributed by atoms with E-state index < -0.39 is 23.6 Å². The highest BCUT2D eigenvalue weighted by Gasteiger charge is 2.13. The average Bonchev–Trinajstić information content (AvgIpc) is 2.26. The molecule has 1 aromatic rings. The molecule has 0 aliphatic heterocycles. The van der Waals surface area contributed by atoms with Gasteiger partial charge in [-0.1, -0.05) is 0 Å². The number of methoxy groups -OCH3 is 1. The van der Waals surface area contributed by atoms with Crippen LogP contribution in [0.2, 0.25) is 0 Å². The zero-order valence-corrected chi connectivity index (χ0v) is 9.24. The maximum Gasteiger partial charge on any atom is 0.254 e. The summed E-state index contributed by atoms with van der Waals surface area (Å²) in [5.74, 6) is -2.40. The molecule has 1 atom stereocenters. The summed E-state index contributed by atoms with van der Waals surface area (Å²) in [6.45, 7) is -0.00430. The third-order valence-electron chi connectivity index (χ3n) is 2.03. The summed E-state index contributed by atoms with van der Waals surface area (Å²) in [7, 11) is 1.41. The Kier molecular flexibility index (Phi) is 4.99. The number of rotatable bonds is 5. The summed E-state index contributed by atoms with van der Waals surface area (Å²) in [6.07, 6.45) is -0.868. The van der Waals surface area contributed by atoms with Crippen molar-refractivity contribution in [2.45, 2.75) is 6.10 Å². The van der Waals surface area contributed by atoms with Crippen molar-refractivity contribution in [3.8, 4) is 0 Å². The van der Waals surface area contributed by atoms with E-state index >= 15 is 0 Å². The normalized spacial score (nSPS) is 12.2. The predicted molar refractivity (Wildman–Crippen MR) is 56.6 cm³/mol. The standard InChI is InChI=1S/C11H13F2NO3/c1-17-6-8(15)5-14-11(16)9-3-2-7(12)4-10(9)13/h2-4,8,15H,5-6H2,1H3,(H,14,16). The number of aliphatic hydroxyl groups excluding tert-OH is 1. The first-order valence-corrected chi connectivity index (χ1v) is 4.95. The van der Waals surface area contributed by atoms with Gasteiger partial charge in [0.15, 0.2) is 0 Å². The molecular formula is C11H13F2NO3. The second-order valence-corrected chi connectivity index (χ2v) is 3.44. The number of carbonyl (C=O) groups is 1. The number of aliphatic hydroxyl groups is 1. The smallest absolute Gasteiger partial charge is 0.254 e. The van der Waals surface area contributed by atoms with E-state index in [2.05, 4.69) is 10.1 Å². The Labute approximate surface area is 97.2 Å². The Morgan fingerprint density at radius 2 is 2.24 bits per heavy atom. The van der Waals surface area contributed by atoms with Gasteiger partial charge >= 0.3 is 0 Å². The monoisotopic (exact) mass is 245 g/mol. The van der Waals surface area contributed by atoms with Gasteiger partial charge in [-0.05, 0) is 12.1 Å². The molecule has 0 saturated heterocycles. The Morgan fingerprint density at radius 1 is 1.53 bits per heavy atom. The summed E-state index contributed by atoms with van der Waals surface area (Å²) < 4.78 is 30.4. The number of ether oxygens (including phenoxy) is 1. The summed E-state index contributed by atoms with van der Waals surface area (Å²) >= 11 is 0. The highest BCUT2D eigenvalue weighted by atomic mass is 19.1. The summed E-state index contributed by atoms with van der Waals surface area (Å²) in [6, 6.07) is 2.66. The fourth-order valence-electron chi connectivity index (χ4n) is 1.23. The van der Waals surface area contributed by atoms with E-state index in [9.17, 15) is 18.7 Å². The lowest BCUT2D eigenvalue weighted by Crippen LogP contribution is -2.34. The fourth-order valence-corrected chi connectivity index (χ4v) is 1.23. The Bertz CT molecular complexity index is 398.